The molecule has 1 nitrogen and oxygen atoms in total. The van der Waals surface area contributed by atoms with Gasteiger partial charge in [0.1, 0.15) is 11.6 Å². The number of hydrogen-bond acceptors (Lipinski definition) is 1. The summed E-state index contributed by atoms with van der Waals surface area (Å²) in [6.45, 7) is 1.79. The fraction of sp³-hybridized carbons (Fsp3) is 0.154. The van der Waals surface area contributed by atoms with Crippen LogP contribution < -0.4 is 4.74 Å². The minimum Gasteiger partial charge on any atom is -0.429 e. The molecule has 0 aliphatic carbocycles. The first-order valence-corrected chi connectivity index (χ1v) is 10.4. The predicted octanol–water partition coefficient (Wildman–Crippen LogP) is 8.42. The molecule has 0 saturated heterocycles. The predicted molar refractivity (Wildman–Crippen MR) is 114 cm³/mol. The van der Waals surface area contributed by atoms with E-state index in [2.05, 4.69) is 4.74 Å². The van der Waals surface area contributed by atoms with Crippen molar-refractivity contribution in [2.75, 3.05) is 0 Å². The van der Waals surface area contributed by atoms with Gasteiger partial charge < -0.3 is 4.74 Å². The lowest BCUT2D eigenvalue weighted by Gasteiger charge is -2.19. The van der Waals surface area contributed by atoms with Crippen molar-refractivity contribution in [1.29, 1.82) is 0 Å². The van der Waals surface area contributed by atoms with E-state index < -0.39 is 57.7 Å². The molecule has 0 fully saturated rings. The van der Waals surface area contributed by atoms with Gasteiger partial charge in [0.25, 0.3) is 0 Å². The number of benzene rings is 4. The van der Waals surface area contributed by atoms with Crippen molar-refractivity contribution in [3.63, 3.8) is 0 Å². The van der Waals surface area contributed by atoms with Crippen molar-refractivity contribution < 1.29 is 39.9 Å². The van der Waals surface area contributed by atoms with Crippen molar-refractivity contribution in [3.05, 3.63) is 101 Å². The number of hydrogen-bond donors (Lipinski definition) is 0. The van der Waals surface area contributed by atoms with Crippen molar-refractivity contribution >= 4 is 10.8 Å². The van der Waals surface area contributed by atoms with Crippen molar-refractivity contribution in [2.45, 2.75) is 25.9 Å². The van der Waals surface area contributed by atoms with Crippen LogP contribution in [0.1, 0.15) is 24.5 Å². The van der Waals surface area contributed by atoms with E-state index >= 15 is 4.39 Å². The lowest BCUT2D eigenvalue weighted by atomic mass is 9.96. The molecule has 0 bridgehead atoms. The summed E-state index contributed by atoms with van der Waals surface area (Å²) in [5.41, 5.74) is -0.705. The first kappa shape index (κ1) is 24.5. The molecule has 0 aromatic heterocycles. The van der Waals surface area contributed by atoms with Gasteiger partial charge in [-0.1, -0.05) is 37.6 Å². The average molecular weight is 496 g/mol. The third kappa shape index (κ3) is 4.54. The van der Waals surface area contributed by atoms with E-state index in [1.54, 1.807) is 6.92 Å². The summed E-state index contributed by atoms with van der Waals surface area (Å²) in [6, 6.07) is 8.57. The average Bonchev–Trinajstić information content (AvgIpc) is 2.81. The van der Waals surface area contributed by atoms with Crippen LogP contribution in [-0.4, -0.2) is 0 Å². The molecule has 0 heterocycles. The first-order valence-electron chi connectivity index (χ1n) is 10.4. The highest BCUT2D eigenvalue weighted by molar-refractivity contribution is 5.89. The van der Waals surface area contributed by atoms with Crippen molar-refractivity contribution in [1.82, 2.24) is 0 Å². The third-order valence-electron chi connectivity index (χ3n) is 5.45. The molecule has 0 amide bonds. The van der Waals surface area contributed by atoms with E-state index in [0.717, 1.165) is 24.3 Å². The summed E-state index contributed by atoms with van der Waals surface area (Å²) >= 11 is 0. The van der Waals surface area contributed by atoms with Gasteiger partial charge in [-0.15, -0.1) is 0 Å². The van der Waals surface area contributed by atoms with E-state index in [0.29, 0.717) is 6.42 Å². The quantitative estimate of drug-likeness (QED) is 0.192. The monoisotopic (exact) mass is 496 g/mol. The molecule has 0 N–H and O–H groups in total. The molecule has 4 aromatic rings. The Hall–Kier alpha value is -3.62. The Morgan fingerprint density at radius 1 is 0.714 bits per heavy atom. The second-order valence-corrected chi connectivity index (χ2v) is 7.84. The number of alkyl halides is 2. The van der Waals surface area contributed by atoms with Gasteiger partial charge in [-0.05, 0) is 41.1 Å². The first-order chi connectivity index (χ1) is 16.5. The molecule has 35 heavy (non-hydrogen) atoms. The summed E-state index contributed by atoms with van der Waals surface area (Å²) in [5, 5.41) is -0.401. The second kappa shape index (κ2) is 9.20. The number of halogens is 8. The van der Waals surface area contributed by atoms with E-state index in [-0.39, 0.29) is 40.6 Å². The largest absolute Gasteiger partial charge is 0.429 e. The van der Waals surface area contributed by atoms with Crippen LogP contribution >= 0.6 is 0 Å². The molecule has 9 heteroatoms. The molecule has 0 spiro atoms. The third-order valence-corrected chi connectivity index (χ3v) is 5.45. The Kier molecular flexibility index (Phi) is 6.44. The fourth-order valence-corrected chi connectivity index (χ4v) is 3.75. The van der Waals surface area contributed by atoms with Crippen LogP contribution in [0.25, 0.3) is 21.9 Å². The smallest absolute Gasteiger partial charge is 0.426 e. The van der Waals surface area contributed by atoms with Gasteiger partial charge in [0.2, 0.25) is 0 Å². The van der Waals surface area contributed by atoms with Crippen LogP contribution in [0.15, 0.2) is 54.6 Å². The Labute approximate surface area is 194 Å². The van der Waals surface area contributed by atoms with Crippen LogP contribution in [0.2, 0.25) is 0 Å². The van der Waals surface area contributed by atoms with Gasteiger partial charge in [-0.2, -0.15) is 8.78 Å². The highest BCUT2D eigenvalue weighted by Crippen LogP contribution is 2.36. The molecule has 0 atom stereocenters. The number of fused-ring (bicyclic) bond motifs is 1. The second-order valence-electron chi connectivity index (χ2n) is 7.84. The summed E-state index contributed by atoms with van der Waals surface area (Å²) in [6.07, 6.45) is -3.24. The van der Waals surface area contributed by atoms with Gasteiger partial charge in [0.15, 0.2) is 29.1 Å². The van der Waals surface area contributed by atoms with Crippen LogP contribution in [0.4, 0.5) is 35.1 Å². The van der Waals surface area contributed by atoms with Gasteiger partial charge in [-0.3, -0.25) is 0 Å². The molecule has 4 rings (SSSR count). The lowest BCUT2D eigenvalue weighted by molar-refractivity contribution is -0.185. The summed E-state index contributed by atoms with van der Waals surface area (Å²) < 4.78 is 117. The molecule has 0 saturated carbocycles. The molecule has 0 aliphatic rings. The molecule has 0 radical (unpaired) electrons. The normalized spacial score (nSPS) is 11.8. The van der Waals surface area contributed by atoms with Crippen LogP contribution in [-0.2, 0) is 12.5 Å². The fourth-order valence-electron chi connectivity index (χ4n) is 3.75. The lowest BCUT2D eigenvalue weighted by Crippen LogP contribution is -2.22. The summed E-state index contributed by atoms with van der Waals surface area (Å²) in [4.78, 5) is 0. The zero-order chi connectivity index (χ0) is 25.5. The minimum absolute atomic E-state index is 0.0836. The molecular weight excluding hydrogens is 480 g/mol. The van der Waals surface area contributed by atoms with Crippen LogP contribution in [0.5, 0.6) is 5.75 Å². The topological polar surface area (TPSA) is 9.23 Å². The van der Waals surface area contributed by atoms with E-state index in [1.807, 2.05) is 0 Å². The maximum atomic E-state index is 15.2. The van der Waals surface area contributed by atoms with Gasteiger partial charge in [0, 0.05) is 17.7 Å². The standard InChI is InChI=1S/C26H16F8O/c1-2-3-15-10-14-6-9-18(23(30)21(14)25(32)22(15)29)13-4-7-16(8-5-13)26(33,34)35-17-11-19(27)24(31)20(28)12-17/h4-12H,2-3H2,1H3. The Bertz CT molecular complexity index is 1390. The van der Waals surface area contributed by atoms with Crippen LogP contribution in [0.3, 0.4) is 0 Å². The maximum absolute atomic E-state index is 15.2. The summed E-state index contributed by atoms with van der Waals surface area (Å²) in [7, 11) is 0. The van der Waals surface area contributed by atoms with E-state index in [4.69, 9.17) is 0 Å². The highest BCUT2D eigenvalue weighted by Gasteiger charge is 2.35. The Morgan fingerprint density at radius 2 is 1.34 bits per heavy atom. The van der Waals surface area contributed by atoms with E-state index in [1.165, 1.54) is 18.2 Å². The molecule has 182 valence electrons. The molecular formula is C26H16F8O. The van der Waals surface area contributed by atoms with Crippen molar-refractivity contribution in [2.24, 2.45) is 0 Å². The molecule has 0 unspecified atom stereocenters. The van der Waals surface area contributed by atoms with Gasteiger partial charge in [0.05, 0.1) is 10.9 Å². The Morgan fingerprint density at radius 3 is 1.94 bits per heavy atom. The van der Waals surface area contributed by atoms with Gasteiger partial charge >= 0.3 is 6.11 Å². The minimum atomic E-state index is -4.08. The highest BCUT2D eigenvalue weighted by atomic mass is 19.3. The zero-order valence-corrected chi connectivity index (χ0v) is 18.0. The maximum Gasteiger partial charge on any atom is 0.426 e. The zero-order valence-electron chi connectivity index (χ0n) is 18.0. The molecule has 0 aliphatic heterocycles. The number of rotatable bonds is 6. The number of aryl methyl sites for hydroxylation is 1. The molecule has 4 aromatic carbocycles. The Balaban J connectivity index is 1.67. The van der Waals surface area contributed by atoms with Gasteiger partial charge in [-0.25, -0.2) is 26.3 Å². The van der Waals surface area contributed by atoms with E-state index in [9.17, 15) is 30.7 Å². The summed E-state index contributed by atoms with van der Waals surface area (Å²) in [5.74, 6) is -9.73. The SMILES string of the molecule is CCCc1cc2ccc(-c3ccc(C(F)(F)Oc4cc(F)c(F)c(F)c4)cc3)c(F)c2c(F)c1F. The van der Waals surface area contributed by atoms with Crippen molar-refractivity contribution in [3.8, 4) is 16.9 Å². The van der Waals surface area contributed by atoms with Crippen LogP contribution in [0, 0.1) is 34.9 Å². The number of ether oxygens (including phenoxy) is 1.